The molecule has 1 heterocycles. The molecule has 108 valence electrons. The average molecular weight is 268 g/mol. The number of rotatable bonds is 6. The van der Waals surface area contributed by atoms with E-state index in [1.54, 1.807) is 0 Å². The first-order chi connectivity index (χ1) is 8.97. The highest BCUT2D eigenvalue weighted by Crippen LogP contribution is 2.28. The van der Waals surface area contributed by atoms with Crippen LogP contribution in [-0.2, 0) is 9.59 Å². The molecule has 19 heavy (non-hydrogen) atoms. The smallest absolute Gasteiger partial charge is 0.307 e. The van der Waals surface area contributed by atoms with Crippen molar-refractivity contribution >= 4 is 11.9 Å². The van der Waals surface area contributed by atoms with Gasteiger partial charge in [0, 0.05) is 19.1 Å². The molecule has 1 saturated heterocycles. The van der Waals surface area contributed by atoms with Gasteiger partial charge in [-0.1, -0.05) is 13.8 Å². The SMILES string of the molecule is CC(C)CN(C(=O)CN1CCC(C(=O)O)C1)C1CC1. The van der Waals surface area contributed by atoms with Crippen LogP contribution in [0.15, 0.2) is 0 Å². The highest BCUT2D eigenvalue weighted by atomic mass is 16.4. The van der Waals surface area contributed by atoms with Gasteiger partial charge in [0.25, 0.3) is 0 Å². The van der Waals surface area contributed by atoms with E-state index in [0.29, 0.717) is 31.5 Å². The van der Waals surface area contributed by atoms with Crippen LogP contribution in [0.4, 0.5) is 0 Å². The average Bonchev–Trinajstić information content (AvgIpc) is 3.05. The predicted molar refractivity (Wildman–Crippen MR) is 71.8 cm³/mol. The number of carbonyl (C=O) groups is 2. The van der Waals surface area contributed by atoms with E-state index in [-0.39, 0.29) is 11.8 Å². The number of likely N-dealkylation sites (tertiary alicyclic amines) is 1. The van der Waals surface area contributed by atoms with Gasteiger partial charge in [-0.05, 0) is 31.7 Å². The minimum atomic E-state index is -0.740. The monoisotopic (exact) mass is 268 g/mol. The van der Waals surface area contributed by atoms with Crippen molar-refractivity contribution in [3.8, 4) is 0 Å². The lowest BCUT2D eigenvalue weighted by Crippen LogP contribution is -2.42. The van der Waals surface area contributed by atoms with Crippen molar-refractivity contribution < 1.29 is 14.7 Å². The molecule has 1 aliphatic carbocycles. The third kappa shape index (κ3) is 3.93. The van der Waals surface area contributed by atoms with Gasteiger partial charge < -0.3 is 10.0 Å². The van der Waals surface area contributed by atoms with E-state index in [9.17, 15) is 9.59 Å². The molecule has 5 nitrogen and oxygen atoms in total. The Labute approximate surface area is 114 Å². The van der Waals surface area contributed by atoms with Gasteiger partial charge in [-0.15, -0.1) is 0 Å². The van der Waals surface area contributed by atoms with Gasteiger partial charge in [0.2, 0.25) is 5.91 Å². The zero-order chi connectivity index (χ0) is 14.0. The molecule has 1 N–H and O–H groups in total. The van der Waals surface area contributed by atoms with E-state index in [1.807, 2.05) is 9.80 Å². The Balaban J connectivity index is 1.84. The summed E-state index contributed by atoms with van der Waals surface area (Å²) in [5.41, 5.74) is 0. The van der Waals surface area contributed by atoms with Crippen molar-refractivity contribution in [3.63, 3.8) is 0 Å². The summed E-state index contributed by atoms with van der Waals surface area (Å²) in [4.78, 5) is 27.2. The van der Waals surface area contributed by atoms with Crippen LogP contribution in [0.3, 0.4) is 0 Å². The quantitative estimate of drug-likeness (QED) is 0.782. The second-order valence-corrected chi connectivity index (χ2v) is 6.23. The predicted octanol–water partition coefficient (Wildman–Crippen LogP) is 1.04. The van der Waals surface area contributed by atoms with Crippen molar-refractivity contribution in [1.82, 2.24) is 9.80 Å². The lowest BCUT2D eigenvalue weighted by atomic mass is 10.1. The molecule has 1 saturated carbocycles. The van der Waals surface area contributed by atoms with Crippen LogP contribution in [0.25, 0.3) is 0 Å². The fraction of sp³-hybridized carbons (Fsp3) is 0.857. The molecule has 0 radical (unpaired) electrons. The van der Waals surface area contributed by atoms with Crippen molar-refractivity contribution in [2.45, 2.75) is 39.2 Å². The summed E-state index contributed by atoms with van der Waals surface area (Å²) in [6.07, 6.45) is 2.91. The molecule has 2 aliphatic rings. The Bertz CT molecular complexity index is 353. The van der Waals surface area contributed by atoms with E-state index >= 15 is 0 Å². The van der Waals surface area contributed by atoms with Crippen molar-refractivity contribution in [3.05, 3.63) is 0 Å². The maximum atomic E-state index is 12.3. The summed E-state index contributed by atoms with van der Waals surface area (Å²) in [6, 6.07) is 0.438. The number of hydrogen-bond acceptors (Lipinski definition) is 3. The molecule has 0 bridgehead atoms. The Hall–Kier alpha value is -1.10. The van der Waals surface area contributed by atoms with Gasteiger partial charge >= 0.3 is 5.97 Å². The number of amides is 1. The maximum Gasteiger partial charge on any atom is 0.307 e. The molecular weight excluding hydrogens is 244 g/mol. The third-order valence-corrected chi connectivity index (χ3v) is 3.85. The van der Waals surface area contributed by atoms with Gasteiger partial charge in [0.05, 0.1) is 12.5 Å². The molecule has 0 aromatic carbocycles. The molecule has 1 aliphatic heterocycles. The number of hydrogen-bond donors (Lipinski definition) is 1. The first-order valence-corrected chi connectivity index (χ1v) is 7.22. The molecule has 1 unspecified atom stereocenters. The molecule has 2 rings (SSSR count). The number of carboxylic acid groups (broad SMARTS) is 1. The molecule has 5 heteroatoms. The summed E-state index contributed by atoms with van der Waals surface area (Å²) in [5.74, 6) is -0.388. The van der Waals surface area contributed by atoms with Crippen LogP contribution >= 0.6 is 0 Å². The third-order valence-electron chi connectivity index (χ3n) is 3.85. The summed E-state index contributed by atoms with van der Waals surface area (Å²) in [5, 5.41) is 8.97. The normalized spacial score (nSPS) is 23.8. The zero-order valence-corrected chi connectivity index (χ0v) is 11.8. The lowest BCUT2D eigenvalue weighted by Gasteiger charge is -2.26. The van der Waals surface area contributed by atoms with Crippen LogP contribution in [0, 0.1) is 11.8 Å². The summed E-state index contributed by atoms with van der Waals surface area (Å²) >= 11 is 0. The summed E-state index contributed by atoms with van der Waals surface area (Å²) in [6.45, 7) is 6.69. The van der Waals surface area contributed by atoms with Gasteiger partial charge in [-0.3, -0.25) is 14.5 Å². The minimum absolute atomic E-state index is 0.169. The van der Waals surface area contributed by atoms with Crippen molar-refractivity contribution in [1.29, 1.82) is 0 Å². The molecular formula is C14H24N2O3. The van der Waals surface area contributed by atoms with Crippen LogP contribution in [-0.4, -0.2) is 59.0 Å². The van der Waals surface area contributed by atoms with Crippen molar-refractivity contribution in [2.24, 2.45) is 11.8 Å². The number of carbonyl (C=O) groups excluding carboxylic acids is 1. The maximum absolute atomic E-state index is 12.3. The summed E-state index contributed by atoms with van der Waals surface area (Å²) in [7, 11) is 0. The zero-order valence-electron chi connectivity index (χ0n) is 11.8. The Morgan fingerprint density at radius 2 is 2.00 bits per heavy atom. The molecule has 2 fully saturated rings. The van der Waals surface area contributed by atoms with Gasteiger partial charge in [-0.2, -0.15) is 0 Å². The summed E-state index contributed by atoms with van der Waals surface area (Å²) < 4.78 is 0. The largest absolute Gasteiger partial charge is 0.481 e. The molecule has 0 aromatic rings. The van der Waals surface area contributed by atoms with E-state index < -0.39 is 5.97 Å². The number of aliphatic carboxylic acids is 1. The standard InChI is InChI=1S/C14H24N2O3/c1-10(2)7-16(12-3-4-12)13(17)9-15-6-5-11(8-15)14(18)19/h10-12H,3-9H2,1-2H3,(H,18,19). The van der Waals surface area contributed by atoms with Gasteiger partial charge in [0.1, 0.15) is 0 Å². The number of carboxylic acids is 1. The van der Waals surface area contributed by atoms with E-state index in [1.165, 1.54) is 0 Å². The van der Waals surface area contributed by atoms with E-state index in [2.05, 4.69) is 13.8 Å². The van der Waals surface area contributed by atoms with Crippen LogP contribution < -0.4 is 0 Å². The van der Waals surface area contributed by atoms with Crippen LogP contribution in [0.1, 0.15) is 33.1 Å². The fourth-order valence-electron chi connectivity index (χ4n) is 2.69. The minimum Gasteiger partial charge on any atom is -0.481 e. The van der Waals surface area contributed by atoms with Crippen LogP contribution in [0.5, 0.6) is 0 Å². The second kappa shape index (κ2) is 5.90. The number of nitrogens with zero attached hydrogens (tertiary/aromatic N) is 2. The molecule has 0 spiro atoms. The molecule has 0 aromatic heterocycles. The Kier molecular flexibility index (Phi) is 4.45. The van der Waals surface area contributed by atoms with Crippen LogP contribution in [0.2, 0.25) is 0 Å². The first kappa shape index (κ1) is 14.3. The van der Waals surface area contributed by atoms with Gasteiger partial charge in [0.15, 0.2) is 0 Å². The van der Waals surface area contributed by atoms with E-state index in [0.717, 1.165) is 25.9 Å². The Morgan fingerprint density at radius 1 is 1.32 bits per heavy atom. The molecule has 1 amide bonds. The fourth-order valence-corrected chi connectivity index (χ4v) is 2.69. The topological polar surface area (TPSA) is 60.9 Å². The van der Waals surface area contributed by atoms with Crippen molar-refractivity contribution in [2.75, 3.05) is 26.2 Å². The van der Waals surface area contributed by atoms with E-state index in [4.69, 9.17) is 5.11 Å². The second-order valence-electron chi connectivity index (χ2n) is 6.23. The Morgan fingerprint density at radius 3 is 2.47 bits per heavy atom. The van der Waals surface area contributed by atoms with Gasteiger partial charge in [-0.25, -0.2) is 0 Å². The lowest BCUT2D eigenvalue weighted by molar-refractivity contribution is -0.141. The first-order valence-electron chi connectivity index (χ1n) is 7.22. The highest BCUT2D eigenvalue weighted by molar-refractivity contribution is 5.79. The highest BCUT2D eigenvalue weighted by Gasteiger charge is 2.35. The molecule has 1 atom stereocenters.